The fourth-order valence-electron chi connectivity index (χ4n) is 1.10. The van der Waals surface area contributed by atoms with Crippen molar-refractivity contribution < 1.29 is 9.90 Å². The second-order valence-corrected chi connectivity index (χ2v) is 3.75. The lowest BCUT2D eigenvalue weighted by Gasteiger charge is -2.03. The van der Waals surface area contributed by atoms with Crippen LogP contribution in [0.4, 0.5) is 0 Å². The first-order valence-corrected chi connectivity index (χ1v) is 5.21. The van der Waals surface area contributed by atoms with Gasteiger partial charge >= 0.3 is 0 Å². The maximum Gasteiger partial charge on any atom is 0.134 e. The van der Waals surface area contributed by atoms with Crippen molar-refractivity contribution in [3.63, 3.8) is 0 Å². The molecule has 0 aliphatic carbocycles. The number of phenols is 1. The van der Waals surface area contributed by atoms with Crippen molar-refractivity contribution in [3.05, 3.63) is 23.8 Å². The van der Waals surface area contributed by atoms with Crippen molar-refractivity contribution in [2.75, 3.05) is 6.26 Å². The monoisotopic (exact) mass is 196 g/mol. The fraction of sp³-hybridized carbons (Fsp3) is 0.300. The highest BCUT2D eigenvalue weighted by molar-refractivity contribution is 7.98. The predicted molar refractivity (Wildman–Crippen MR) is 54.3 cm³/mol. The van der Waals surface area contributed by atoms with Crippen LogP contribution in [-0.4, -0.2) is 17.1 Å². The average molecular weight is 196 g/mol. The van der Waals surface area contributed by atoms with E-state index in [1.165, 1.54) is 6.92 Å². The molecule has 0 bridgehead atoms. The minimum atomic E-state index is 0.0635. The molecule has 0 fully saturated rings. The van der Waals surface area contributed by atoms with Gasteiger partial charge in [-0.05, 0) is 31.4 Å². The van der Waals surface area contributed by atoms with Gasteiger partial charge in [-0.25, -0.2) is 0 Å². The largest absolute Gasteiger partial charge is 0.508 e. The van der Waals surface area contributed by atoms with E-state index in [9.17, 15) is 9.90 Å². The zero-order valence-corrected chi connectivity index (χ0v) is 8.52. The summed E-state index contributed by atoms with van der Waals surface area (Å²) in [4.78, 5) is 11.9. The van der Waals surface area contributed by atoms with Gasteiger partial charge in [0.15, 0.2) is 0 Å². The number of rotatable bonds is 3. The second kappa shape index (κ2) is 4.33. The Morgan fingerprint density at radius 3 is 2.77 bits per heavy atom. The maximum absolute atomic E-state index is 10.8. The lowest BCUT2D eigenvalue weighted by molar-refractivity contribution is -0.116. The van der Waals surface area contributed by atoms with Gasteiger partial charge in [0.1, 0.15) is 11.5 Å². The van der Waals surface area contributed by atoms with E-state index < -0.39 is 0 Å². The topological polar surface area (TPSA) is 37.3 Å². The highest BCUT2D eigenvalue weighted by atomic mass is 32.2. The minimum Gasteiger partial charge on any atom is -0.508 e. The molecule has 1 rings (SSSR count). The Morgan fingerprint density at radius 2 is 2.23 bits per heavy atom. The van der Waals surface area contributed by atoms with E-state index in [1.54, 1.807) is 17.8 Å². The number of benzene rings is 1. The van der Waals surface area contributed by atoms with Crippen LogP contribution in [0.3, 0.4) is 0 Å². The van der Waals surface area contributed by atoms with E-state index in [0.717, 1.165) is 4.90 Å². The first-order chi connectivity index (χ1) is 6.13. The molecule has 70 valence electrons. The zero-order valence-electron chi connectivity index (χ0n) is 7.70. The molecule has 0 unspecified atom stereocenters. The average Bonchev–Trinajstić information content (AvgIpc) is 2.08. The summed E-state index contributed by atoms with van der Waals surface area (Å²) in [5.74, 6) is 0.265. The minimum absolute atomic E-state index is 0.0635. The number of hydrogen-bond donors (Lipinski definition) is 1. The number of carbonyl (C=O) groups is 1. The number of carbonyl (C=O) groups excluding carboxylic acids is 1. The summed E-state index contributed by atoms with van der Waals surface area (Å²) >= 11 is 1.60. The SMILES string of the molecule is CSc1ccc(O)c(CC(C)=O)c1. The summed E-state index contributed by atoms with van der Waals surface area (Å²) < 4.78 is 0. The van der Waals surface area contributed by atoms with Crippen molar-refractivity contribution in [2.24, 2.45) is 0 Å². The number of ketones is 1. The lowest BCUT2D eigenvalue weighted by atomic mass is 10.1. The second-order valence-electron chi connectivity index (χ2n) is 2.87. The first-order valence-electron chi connectivity index (χ1n) is 3.99. The molecule has 0 atom stereocenters. The third-order valence-electron chi connectivity index (χ3n) is 1.73. The van der Waals surface area contributed by atoms with Crippen molar-refractivity contribution in [3.8, 4) is 5.75 Å². The standard InChI is InChI=1S/C10H12O2S/c1-7(11)5-8-6-9(13-2)3-4-10(8)12/h3-4,6,12H,5H2,1-2H3. The van der Waals surface area contributed by atoms with Crippen molar-refractivity contribution in [2.45, 2.75) is 18.2 Å². The number of aromatic hydroxyl groups is 1. The fourth-order valence-corrected chi connectivity index (χ4v) is 1.56. The zero-order chi connectivity index (χ0) is 9.84. The molecule has 2 nitrogen and oxygen atoms in total. The van der Waals surface area contributed by atoms with Gasteiger partial charge in [-0.3, -0.25) is 4.79 Å². The molecule has 3 heteroatoms. The Hall–Kier alpha value is -0.960. The third-order valence-corrected chi connectivity index (χ3v) is 2.45. The summed E-state index contributed by atoms with van der Waals surface area (Å²) in [5, 5.41) is 9.42. The summed E-state index contributed by atoms with van der Waals surface area (Å²) in [6.45, 7) is 1.52. The normalized spacial score (nSPS) is 10.0. The van der Waals surface area contributed by atoms with Crippen molar-refractivity contribution in [1.29, 1.82) is 0 Å². The Morgan fingerprint density at radius 1 is 1.54 bits per heavy atom. The Bertz CT molecular complexity index is 321. The molecular weight excluding hydrogens is 184 g/mol. The molecular formula is C10H12O2S. The molecule has 0 saturated heterocycles. The summed E-state index contributed by atoms with van der Waals surface area (Å²) in [7, 11) is 0. The molecule has 0 radical (unpaired) electrons. The number of hydrogen-bond acceptors (Lipinski definition) is 3. The molecule has 1 aromatic carbocycles. The molecule has 0 saturated carbocycles. The van der Waals surface area contributed by atoms with Gasteiger partial charge in [-0.1, -0.05) is 0 Å². The summed E-state index contributed by atoms with van der Waals surface area (Å²) in [5.41, 5.74) is 0.708. The van der Waals surface area contributed by atoms with E-state index in [2.05, 4.69) is 0 Å². The molecule has 0 amide bonds. The van der Waals surface area contributed by atoms with E-state index in [4.69, 9.17) is 0 Å². The Labute approximate surface area is 82.0 Å². The van der Waals surface area contributed by atoms with Crippen LogP contribution in [0.15, 0.2) is 23.1 Å². The van der Waals surface area contributed by atoms with Crippen molar-refractivity contribution >= 4 is 17.5 Å². The van der Waals surface area contributed by atoms with Crippen LogP contribution in [0.1, 0.15) is 12.5 Å². The smallest absolute Gasteiger partial charge is 0.134 e. The molecule has 13 heavy (non-hydrogen) atoms. The van der Waals surface area contributed by atoms with Crippen LogP contribution >= 0.6 is 11.8 Å². The van der Waals surface area contributed by atoms with Crippen LogP contribution in [0.5, 0.6) is 5.75 Å². The maximum atomic E-state index is 10.8. The molecule has 0 heterocycles. The van der Waals surface area contributed by atoms with Crippen LogP contribution in [-0.2, 0) is 11.2 Å². The quantitative estimate of drug-likeness (QED) is 0.753. The summed E-state index contributed by atoms with van der Waals surface area (Å²) in [6, 6.07) is 5.31. The molecule has 1 aromatic rings. The van der Waals surface area contributed by atoms with Gasteiger partial charge in [-0.15, -0.1) is 11.8 Å². The van der Waals surface area contributed by atoms with E-state index in [-0.39, 0.29) is 11.5 Å². The lowest BCUT2D eigenvalue weighted by Crippen LogP contribution is -1.96. The highest BCUT2D eigenvalue weighted by Crippen LogP contribution is 2.24. The van der Waals surface area contributed by atoms with E-state index in [1.807, 2.05) is 18.4 Å². The Kier molecular flexibility index (Phi) is 3.37. The third kappa shape index (κ3) is 2.77. The number of phenolic OH excluding ortho intramolecular Hbond substituents is 1. The van der Waals surface area contributed by atoms with Gasteiger partial charge in [0.2, 0.25) is 0 Å². The van der Waals surface area contributed by atoms with Gasteiger partial charge < -0.3 is 5.11 Å². The van der Waals surface area contributed by atoms with E-state index in [0.29, 0.717) is 12.0 Å². The van der Waals surface area contributed by atoms with Gasteiger partial charge in [-0.2, -0.15) is 0 Å². The van der Waals surface area contributed by atoms with Crippen molar-refractivity contribution in [1.82, 2.24) is 0 Å². The number of thioether (sulfide) groups is 1. The van der Waals surface area contributed by atoms with Crippen LogP contribution < -0.4 is 0 Å². The molecule has 0 spiro atoms. The molecule has 0 aliphatic heterocycles. The summed E-state index contributed by atoms with van der Waals surface area (Å²) in [6.07, 6.45) is 2.27. The molecule has 1 N–H and O–H groups in total. The predicted octanol–water partition coefficient (Wildman–Crippen LogP) is 2.25. The molecule has 0 aliphatic rings. The van der Waals surface area contributed by atoms with Crippen LogP contribution in [0.2, 0.25) is 0 Å². The van der Waals surface area contributed by atoms with E-state index >= 15 is 0 Å². The van der Waals surface area contributed by atoms with Crippen LogP contribution in [0.25, 0.3) is 0 Å². The number of Topliss-reactive ketones (excluding diaryl/α,β-unsaturated/α-hetero) is 1. The Balaban J connectivity index is 2.96. The first kappa shape index (κ1) is 10.1. The van der Waals surface area contributed by atoms with Crippen LogP contribution in [0, 0.1) is 0 Å². The van der Waals surface area contributed by atoms with Gasteiger partial charge in [0.05, 0.1) is 0 Å². The van der Waals surface area contributed by atoms with Gasteiger partial charge in [0, 0.05) is 16.9 Å². The molecule has 0 aromatic heterocycles. The van der Waals surface area contributed by atoms with Gasteiger partial charge in [0.25, 0.3) is 0 Å². The highest BCUT2D eigenvalue weighted by Gasteiger charge is 2.04.